The van der Waals surface area contributed by atoms with Gasteiger partial charge in [-0.2, -0.15) is 0 Å². The summed E-state index contributed by atoms with van der Waals surface area (Å²) in [5, 5.41) is 0.737. The minimum absolute atomic E-state index is 0.00434. The maximum absolute atomic E-state index is 11.9. The van der Waals surface area contributed by atoms with Gasteiger partial charge in [0.25, 0.3) is 0 Å². The molecule has 0 N–H and O–H groups in total. The van der Waals surface area contributed by atoms with Gasteiger partial charge in [-0.25, -0.2) is 0 Å². The minimum atomic E-state index is -0.395. The van der Waals surface area contributed by atoms with Gasteiger partial charge in [-0.05, 0) is 46.5 Å². The quantitative estimate of drug-likeness (QED) is 0.573. The number of hydrogen-bond acceptors (Lipinski definition) is 5. The van der Waals surface area contributed by atoms with Gasteiger partial charge in [0.1, 0.15) is 10.9 Å². The molecule has 0 amide bonds. The smallest absolute Gasteiger partial charge is 0.319 e. The summed E-state index contributed by atoms with van der Waals surface area (Å²) < 4.78 is 5.42. The van der Waals surface area contributed by atoms with Crippen molar-refractivity contribution in [2.24, 2.45) is 0 Å². The first kappa shape index (κ1) is 16.9. The van der Waals surface area contributed by atoms with Crippen molar-refractivity contribution in [2.45, 2.75) is 69.5 Å². The van der Waals surface area contributed by atoms with E-state index in [4.69, 9.17) is 4.74 Å². The predicted molar refractivity (Wildman–Crippen MR) is 82.6 cm³/mol. The molecule has 0 spiro atoms. The molecule has 0 aromatic carbocycles. The molecular weight excluding hydrogens is 280 g/mol. The van der Waals surface area contributed by atoms with E-state index in [0.29, 0.717) is 5.25 Å². The average molecular weight is 304 g/mol. The van der Waals surface area contributed by atoms with E-state index in [0.717, 1.165) is 31.4 Å². The van der Waals surface area contributed by atoms with E-state index in [2.05, 4.69) is 0 Å². The summed E-state index contributed by atoms with van der Waals surface area (Å²) >= 11 is 3.14. The highest BCUT2D eigenvalue weighted by atomic mass is 32.2. The summed E-state index contributed by atoms with van der Waals surface area (Å²) in [6, 6.07) is 0. The van der Waals surface area contributed by atoms with Crippen LogP contribution < -0.4 is 0 Å². The zero-order valence-electron chi connectivity index (χ0n) is 12.2. The second-order valence-electron chi connectivity index (χ2n) is 5.84. The molecule has 0 saturated carbocycles. The molecule has 0 unspecified atom stereocenters. The number of carbonyl (C=O) groups excluding carboxylic acids is 2. The Labute approximate surface area is 124 Å². The topological polar surface area (TPSA) is 43.4 Å². The van der Waals surface area contributed by atoms with E-state index in [-0.39, 0.29) is 16.3 Å². The Hall–Kier alpha value is -0.160. The van der Waals surface area contributed by atoms with E-state index in [1.807, 2.05) is 20.8 Å². The standard InChI is InChI=1S/C14H24O3S2/c1-10(15)18-9-5-6-11-7-8-12(19-11)13(16)17-14(2,3)4/h11-12H,5-9H2,1-4H3/t11-,12+/m0/s1. The molecule has 0 bridgehead atoms. The van der Waals surface area contributed by atoms with Crippen molar-refractivity contribution < 1.29 is 14.3 Å². The predicted octanol–water partition coefficient (Wildman–Crippen LogP) is 3.65. The van der Waals surface area contributed by atoms with E-state index < -0.39 is 5.60 Å². The first-order chi connectivity index (χ1) is 8.78. The summed E-state index contributed by atoms with van der Waals surface area (Å²) in [6.45, 7) is 7.32. The number of thioether (sulfide) groups is 2. The number of esters is 1. The lowest BCUT2D eigenvalue weighted by Crippen LogP contribution is -2.29. The highest BCUT2D eigenvalue weighted by Gasteiger charge is 2.33. The lowest BCUT2D eigenvalue weighted by atomic mass is 10.1. The van der Waals surface area contributed by atoms with E-state index in [1.165, 1.54) is 11.8 Å². The summed E-state index contributed by atoms with van der Waals surface area (Å²) in [5.74, 6) is 0.821. The van der Waals surface area contributed by atoms with E-state index in [1.54, 1.807) is 18.7 Å². The molecule has 5 heteroatoms. The van der Waals surface area contributed by atoms with Gasteiger partial charge in [-0.3, -0.25) is 9.59 Å². The van der Waals surface area contributed by atoms with Crippen LogP contribution in [-0.2, 0) is 14.3 Å². The van der Waals surface area contributed by atoms with Crippen molar-refractivity contribution >= 4 is 34.6 Å². The minimum Gasteiger partial charge on any atom is -0.459 e. The fraction of sp³-hybridized carbons (Fsp3) is 0.857. The molecule has 1 aliphatic heterocycles. The molecule has 1 fully saturated rings. The normalized spacial score (nSPS) is 23.4. The maximum Gasteiger partial charge on any atom is 0.319 e. The molecule has 110 valence electrons. The Kier molecular flexibility index (Phi) is 6.74. The molecular formula is C14H24O3S2. The zero-order valence-corrected chi connectivity index (χ0v) is 13.9. The molecule has 1 saturated heterocycles. The summed E-state index contributed by atoms with van der Waals surface area (Å²) in [7, 11) is 0. The lowest BCUT2D eigenvalue weighted by Gasteiger charge is -2.21. The highest BCUT2D eigenvalue weighted by Crippen LogP contribution is 2.37. The van der Waals surface area contributed by atoms with Crippen LogP contribution in [0.15, 0.2) is 0 Å². The average Bonchev–Trinajstić information content (AvgIpc) is 2.70. The van der Waals surface area contributed by atoms with Crippen LogP contribution in [0, 0.1) is 0 Å². The Morgan fingerprint density at radius 1 is 1.32 bits per heavy atom. The summed E-state index contributed by atoms with van der Waals surface area (Å²) in [6.07, 6.45) is 4.14. The second kappa shape index (κ2) is 7.58. The van der Waals surface area contributed by atoms with Crippen LogP contribution >= 0.6 is 23.5 Å². The van der Waals surface area contributed by atoms with Crippen molar-refractivity contribution in [3.05, 3.63) is 0 Å². The Morgan fingerprint density at radius 2 is 2.00 bits per heavy atom. The third kappa shape index (κ3) is 7.25. The van der Waals surface area contributed by atoms with Gasteiger partial charge in [0.15, 0.2) is 5.12 Å². The van der Waals surface area contributed by atoms with Crippen LogP contribution in [0.3, 0.4) is 0 Å². The maximum atomic E-state index is 11.9. The van der Waals surface area contributed by atoms with Gasteiger partial charge < -0.3 is 4.74 Å². The SMILES string of the molecule is CC(=O)SCCC[C@H]1CC[C@H](C(=O)OC(C)(C)C)S1. The van der Waals surface area contributed by atoms with Gasteiger partial charge in [0.2, 0.25) is 0 Å². The van der Waals surface area contributed by atoms with E-state index in [9.17, 15) is 9.59 Å². The zero-order chi connectivity index (χ0) is 14.5. The van der Waals surface area contributed by atoms with Crippen molar-refractivity contribution in [3.63, 3.8) is 0 Å². The third-order valence-electron chi connectivity index (χ3n) is 2.75. The molecule has 0 radical (unpaired) electrons. The van der Waals surface area contributed by atoms with Crippen molar-refractivity contribution in [1.82, 2.24) is 0 Å². The van der Waals surface area contributed by atoms with Crippen LogP contribution in [0.2, 0.25) is 0 Å². The molecule has 1 aliphatic rings. The van der Waals surface area contributed by atoms with Crippen LogP contribution in [0.1, 0.15) is 53.4 Å². The molecule has 0 aromatic rings. The van der Waals surface area contributed by atoms with Gasteiger partial charge in [-0.15, -0.1) is 11.8 Å². The van der Waals surface area contributed by atoms with Crippen LogP contribution in [0.25, 0.3) is 0 Å². The van der Waals surface area contributed by atoms with E-state index >= 15 is 0 Å². The number of hydrogen-bond donors (Lipinski definition) is 0. The molecule has 0 aliphatic carbocycles. The fourth-order valence-electron chi connectivity index (χ4n) is 1.99. The summed E-state index contributed by atoms with van der Waals surface area (Å²) in [5.41, 5.74) is -0.395. The van der Waals surface area contributed by atoms with Gasteiger partial charge >= 0.3 is 5.97 Å². The molecule has 2 atom stereocenters. The number of carbonyl (C=O) groups is 2. The largest absolute Gasteiger partial charge is 0.459 e. The van der Waals surface area contributed by atoms with Crippen LogP contribution in [0.4, 0.5) is 0 Å². The molecule has 19 heavy (non-hydrogen) atoms. The number of ether oxygens (including phenoxy) is 1. The third-order valence-corrected chi connectivity index (χ3v) is 5.27. The van der Waals surface area contributed by atoms with Crippen LogP contribution in [0.5, 0.6) is 0 Å². The molecule has 1 heterocycles. The first-order valence-electron chi connectivity index (χ1n) is 6.79. The Balaban J connectivity index is 2.22. The first-order valence-corrected chi connectivity index (χ1v) is 8.72. The molecule has 3 nitrogen and oxygen atoms in total. The van der Waals surface area contributed by atoms with Gasteiger partial charge in [0, 0.05) is 17.9 Å². The van der Waals surface area contributed by atoms with Crippen LogP contribution in [-0.4, -0.2) is 32.9 Å². The Bertz CT molecular complexity index is 323. The van der Waals surface area contributed by atoms with Gasteiger partial charge in [0.05, 0.1) is 0 Å². The highest BCUT2D eigenvalue weighted by molar-refractivity contribution is 8.13. The van der Waals surface area contributed by atoms with Gasteiger partial charge in [-0.1, -0.05) is 11.8 Å². The second-order valence-corrected chi connectivity index (χ2v) is 8.62. The summed E-state index contributed by atoms with van der Waals surface area (Å²) in [4.78, 5) is 22.7. The van der Waals surface area contributed by atoms with Crippen molar-refractivity contribution in [2.75, 3.05) is 5.75 Å². The number of rotatable bonds is 5. The van der Waals surface area contributed by atoms with Crippen molar-refractivity contribution in [1.29, 1.82) is 0 Å². The monoisotopic (exact) mass is 304 g/mol. The fourth-order valence-corrected chi connectivity index (χ4v) is 4.06. The Morgan fingerprint density at radius 3 is 2.58 bits per heavy atom. The lowest BCUT2D eigenvalue weighted by molar-refractivity contribution is -0.154. The molecule has 0 aromatic heterocycles. The molecule has 1 rings (SSSR count). The van der Waals surface area contributed by atoms with Crippen molar-refractivity contribution in [3.8, 4) is 0 Å².